The van der Waals surface area contributed by atoms with Gasteiger partial charge in [0, 0.05) is 38.4 Å². The first kappa shape index (κ1) is 18.9. The highest BCUT2D eigenvalue weighted by Gasteiger charge is 2.27. The fourth-order valence-corrected chi connectivity index (χ4v) is 2.79. The standard InChI is InChI=1S/C17H27N3O.ClH/c1-17(2,3)8-4-7-16(21)20-11-10-19-13-15(20)14-6-5-9-18-12-14;/h5-6,9,12,15,19H,4,7-8,10-11,13H2,1-3H3;1H. The van der Waals surface area contributed by atoms with E-state index in [-0.39, 0.29) is 24.4 Å². The minimum absolute atomic E-state index is 0. The van der Waals surface area contributed by atoms with Crippen molar-refractivity contribution in [2.24, 2.45) is 5.41 Å². The van der Waals surface area contributed by atoms with E-state index in [9.17, 15) is 4.79 Å². The second-order valence-corrected chi connectivity index (χ2v) is 7.01. The summed E-state index contributed by atoms with van der Waals surface area (Å²) in [5.41, 5.74) is 1.42. The molecule has 22 heavy (non-hydrogen) atoms. The van der Waals surface area contributed by atoms with Gasteiger partial charge in [-0.3, -0.25) is 9.78 Å². The highest BCUT2D eigenvalue weighted by atomic mass is 35.5. The lowest BCUT2D eigenvalue weighted by Gasteiger charge is -2.36. The number of carbonyl (C=O) groups excluding carboxylic acids is 1. The first-order valence-corrected chi connectivity index (χ1v) is 7.87. The molecule has 1 unspecified atom stereocenters. The topological polar surface area (TPSA) is 45.2 Å². The minimum atomic E-state index is 0. The Morgan fingerprint density at radius 3 is 2.86 bits per heavy atom. The summed E-state index contributed by atoms with van der Waals surface area (Å²) in [6.45, 7) is 9.15. The number of rotatable bonds is 4. The number of pyridine rings is 1. The summed E-state index contributed by atoms with van der Waals surface area (Å²) in [7, 11) is 0. The van der Waals surface area contributed by atoms with Crippen molar-refractivity contribution in [1.82, 2.24) is 15.2 Å². The molecule has 1 atom stereocenters. The van der Waals surface area contributed by atoms with Gasteiger partial charge in [0.15, 0.2) is 0 Å². The third-order valence-corrected chi connectivity index (χ3v) is 3.95. The van der Waals surface area contributed by atoms with Crippen molar-refractivity contribution < 1.29 is 4.79 Å². The molecule has 0 spiro atoms. The predicted octanol–water partition coefficient (Wildman–Crippen LogP) is 3.19. The van der Waals surface area contributed by atoms with Crippen LogP contribution in [0.25, 0.3) is 0 Å². The van der Waals surface area contributed by atoms with Gasteiger partial charge < -0.3 is 10.2 Å². The second-order valence-electron chi connectivity index (χ2n) is 7.01. The molecule has 5 heteroatoms. The minimum Gasteiger partial charge on any atom is -0.333 e. The molecule has 1 aliphatic heterocycles. The van der Waals surface area contributed by atoms with Gasteiger partial charge in [0.25, 0.3) is 0 Å². The second kappa shape index (κ2) is 8.49. The van der Waals surface area contributed by atoms with Crippen molar-refractivity contribution in [3.63, 3.8) is 0 Å². The smallest absolute Gasteiger partial charge is 0.223 e. The Kier molecular flexibility index (Phi) is 7.30. The molecular weight excluding hydrogens is 298 g/mol. The van der Waals surface area contributed by atoms with Gasteiger partial charge in [-0.1, -0.05) is 26.8 Å². The first-order chi connectivity index (χ1) is 9.97. The number of aromatic nitrogens is 1. The molecular formula is C17H28ClN3O. The predicted molar refractivity (Wildman–Crippen MR) is 92.1 cm³/mol. The highest BCUT2D eigenvalue weighted by molar-refractivity contribution is 5.85. The van der Waals surface area contributed by atoms with Crippen LogP contribution in [0.2, 0.25) is 0 Å². The third-order valence-electron chi connectivity index (χ3n) is 3.95. The largest absolute Gasteiger partial charge is 0.333 e. The number of halogens is 1. The SMILES string of the molecule is CC(C)(C)CCCC(=O)N1CCNCC1c1cccnc1.Cl. The molecule has 2 rings (SSSR count). The van der Waals surface area contributed by atoms with Gasteiger partial charge in [-0.2, -0.15) is 0 Å². The number of hydrogen-bond acceptors (Lipinski definition) is 3. The van der Waals surface area contributed by atoms with E-state index in [0.717, 1.165) is 38.0 Å². The molecule has 0 saturated carbocycles. The molecule has 4 nitrogen and oxygen atoms in total. The van der Waals surface area contributed by atoms with Crippen molar-refractivity contribution in [3.05, 3.63) is 30.1 Å². The maximum atomic E-state index is 12.5. The van der Waals surface area contributed by atoms with Crippen molar-refractivity contribution in [2.75, 3.05) is 19.6 Å². The van der Waals surface area contributed by atoms with E-state index in [1.54, 1.807) is 6.20 Å². The summed E-state index contributed by atoms with van der Waals surface area (Å²) in [6, 6.07) is 4.11. The summed E-state index contributed by atoms with van der Waals surface area (Å²) in [6.07, 6.45) is 6.34. The summed E-state index contributed by atoms with van der Waals surface area (Å²) >= 11 is 0. The number of amides is 1. The lowest BCUT2D eigenvalue weighted by atomic mass is 9.89. The number of nitrogens with zero attached hydrogens (tertiary/aromatic N) is 2. The van der Waals surface area contributed by atoms with E-state index in [1.807, 2.05) is 17.2 Å². The fraction of sp³-hybridized carbons (Fsp3) is 0.647. The van der Waals surface area contributed by atoms with Gasteiger partial charge in [-0.25, -0.2) is 0 Å². The normalized spacial score (nSPS) is 18.7. The van der Waals surface area contributed by atoms with Crippen LogP contribution in [0, 0.1) is 5.41 Å². The zero-order valence-electron chi connectivity index (χ0n) is 13.8. The number of hydrogen-bond donors (Lipinski definition) is 1. The molecule has 2 heterocycles. The van der Waals surface area contributed by atoms with E-state index >= 15 is 0 Å². The molecule has 1 aromatic heterocycles. The Morgan fingerprint density at radius 1 is 1.45 bits per heavy atom. The zero-order valence-corrected chi connectivity index (χ0v) is 14.7. The Bertz CT molecular complexity index is 459. The molecule has 0 bridgehead atoms. The van der Waals surface area contributed by atoms with Crippen LogP contribution in [0.15, 0.2) is 24.5 Å². The van der Waals surface area contributed by atoms with Crippen LogP contribution in [0.1, 0.15) is 51.6 Å². The average molecular weight is 326 g/mol. The lowest BCUT2D eigenvalue weighted by molar-refractivity contribution is -0.134. The summed E-state index contributed by atoms with van der Waals surface area (Å²) in [5, 5.41) is 3.38. The van der Waals surface area contributed by atoms with E-state index in [2.05, 4.69) is 37.1 Å². The van der Waals surface area contributed by atoms with E-state index < -0.39 is 0 Å². The van der Waals surface area contributed by atoms with Crippen LogP contribution >= 0.6 is 12.4 Å². The zero-order chi connectivity index (χ0) is 15.3. The first-order valence-electron chi connectivity index (χ1n) is 7.87. The fourth-order valence-electron chi connectivity index (χ4n) is 2.79. The van der Waals surface area contributed by atoms with Gasteiger partial charge in [-0.05, 0) is 29.9 Å². The molecule has 1 N–H and O–H groups in total. The average Bonchev–Trinajstić information content (AvgIpc) is 2.47. The van der Waals surface area contributed by atoms with Gasteiger partial charge in [-0.15, -0.1) is 12.4 Å². The maximum Gasteiger partial charge on any atom is 0.223 e. The molecule has 1 amide bonds. The van der Waals surface area contributed by atoms with Crippen LogP contribution in [0.4, 0.5) is 0 Å². The van der Waals surface area contributed by atoms with E-state index in [1.165, 1.54) is 0 Å². The lowest BCUT2D eigenvalue weighted by Crippen LogP contribution is -2.48. The van der Waals surface area contributed by atoms with Gasteiger partial charge in [0.1, 0.15) is 0 Å². The van der Waals surface area contributed by atoms with Crippen molar-refractivity contribution >= 4 is 18.3 Å². The number of nitrogens with one attached hydrogen (secondary N) is 1. The van der Waals surface area contributed by atoms with Crippen LogP contribution in [-0.2, 0) is 4.79 Å². The molecule has 0 radical (unpaired) electrons. The highest BCUT2D eigenvalue weighted by Crippen LogP contribution is 2.25. The Labute approximate surface area is 140 Å². The van der Waals surface area contributed by atoms with Crippen molar-refractivity contribution in [2.45, 2.75) is 46.1 Å². The molecule has 0 aromatic carbocycles. The van der Waals surface area contributed by atoms with Crippen LogP contribution in [-0.4, -0.2) is 35.4 Å². The molecule has 124 valence electrons. The van der Waals surface area contributed by atoms with E-state index in [4.69, 9.17) is 0 Å². The van der Waals surface area contributed by atoms with E-state index in [0.29, 0.717) is 11.8 Å². The van der Waals surface area contributed by atoms with Crippen LogP contribution in [0.5, 0.6) is 0 Å². The summed E-state index contributed by atoms with van der Waals surface area (Å²) < 4.78 is 0. The summed E-state index contributed by atoms with van der Waals surface area (Å²) in [5.74, 6) is 0.273. The molecule has 1 saturated heterocycles. The van der Waals surface area contributed by atoms with Gasteiger partial charge >= 0.3 is 0 Å². The number of carbonyl (C=O) groups is 1. The molecule has 1 aliphatic rings. The van der Waals surface area contributed by atoms with Crippen molar-refractivity contribution in [1.29, 1.82) is 0 Å². The van der Waals surface area contributed by atoms with Crippen LogP contribution < -0.4 is 5.32 Å². The molecule has 1 aromatic rings. The Hall–Kier alpha value is -1.13. The van der Waals surface area contributed by atoms with Crippen LogP contribution in [0.3, 0.4) is 0 Å². The molecule has 1 fully saturated rings. The Morgan fingerprint density at radius 2 is 2.23 bits per heavy atom. The van der Waals surface area contributed by atoms with Gasteiger partial charge in [0.05, 0.1) is 6.04 Å². The maximum absolute atomic E-state index is 12.5. The monoisotopic (exact) mass is 325 g/mol. The van der Waals surface area contributed by atoms with Gasteiger partial charge in [0.2, 0.25) is 5.91 Å². The molecule has 0 aliphatic carbocycles. The van der Waals surface area contributed by atoms with Crippen molar-refractivity contribution in [3.8, 4) is 0 Å². The quantitative estimate of drug-likeness (QED) is 0.924. The number of piperazine rings is 1. The Balaban J connectivity index is 0.00000242. The third kappa shape index (κ3) is 5.58. The summed E-state index contributed by atoms with van der Waals surface area (Å²) in [4.78, 5) is 18.8.